The van der Waals surface area contributed by atoms with Crippen molar-refractivity contribution in [1.29, 1.82) is 0 Å². The average Bonchev–Trinajstić information content (AvgIpc) is 2.92. The first-order valence-electron chi connectivity index (χ1n) is 7.70. The molecule has 1 N–H and O–H groups in total. The van der Waals surface area contributed by atoms with Gasteiger partial charge in [-0.15, -0.1) is 0 Å². The molecule has 0 spiro atoms. The molecule has 1 aliphatic rings. The third kappa shape index (κ3) is 4.62. The number of unbranched alkanes of at least 4 members (excludes halogenated alkanes) is 1. The minimum atomic E-state index is 0.685. The van der Waals surface area contributed by atoms with Crippen molar-refractivity contribution in [3.63, 3.8) is 0 Å². The van der Waals surface area contributed by atoms with E-state index in [1.807, 2.05) is 12.5 Å². The number of hydrogen-bond donors (Lipinski definition) is 1. The zero-order valence-corrected chi connectivity index (χ0v) is 12.1. The molecule has 1 aliphatic heterocycles. The Kier molecular flexibility index (Phi) is 6.37. The predicted molar refractivity (Wildman–Crippen MR) is 77.4 cm³/mol. The second-order valence-corrected chi connectivity index (χ2v) is 5.36. The van der Waals surface area contributed by atoms with Gasteiger partial charge in [-0.3, -0.25) is 0 Å². The Morgan fingerprint density at radius 2 is 2.11 bits per heavy atom. The van der Waals surface area contributed by atoms with Crippen molar-refractivity contribution < 1.29 is 4.74 Å². The lowest BCUT2D eigenvalue weighted by Crippen LogP contribution is -2.27. The maximum atomic E-state index is 5.61. The average molecular weight is 265 g/mol. The molecular formula is C15H27N3O. The Morgan fingerprint density at radius 3 is 2.89 bits per heavy atom. The molecular weight excluding hydrogens is 238 g/mol. The molecule has 2 heterocycles. The van der Waals surface area contributed by atoms with Gasteiger partial charge in [0.05, 0.1) is 6.33 Å². The summed E-state index contributed by atoms with van der Waals surface area (Å²) in [4.78, 5) is 4.33. The first kappa shape index (κ1) is 14.5. The van der Waals surface area contributed by atoms with E-state index in [0.29, 0.717) is 5.92 Å². The number of ether oxygens (including phenoxy) is 1. The molecule has 0 amide bonds. The van der Waals surface area contributed by atoms with Gasteiger partial charge in [0.2, 0.25) is 0 Å². The van der Waals surface area contributed by atoms with E-state index in [4.69, 9.17) is 4.74 Å². The van der Waals surface area contributed by atoms with Crippen LogP contribution in [-0.4, -0.2) is 35.9 Å². The van der Waals surface area contributed by atoms with Crippen LogP contribution in [-0.2, 0) is 11.3 Å². The van der Waals surface area contributed by atoms with Crippen LogP contribution in [0.25, 0.3) is 0 Å². The van der Waals surface area contributed by atoms with Crippen molar-refractivity contribution in [2.75, 3.05) is 26.3 Å². The molecule has 108 valence electrons. The van der Waals surface area contributed by atoms with Gasteiger partial charge in [-0.25, -0.2) is 4.98 Å². The van der Waals surface area contributed by atoms with Gasteiger partial charge in [0.15, 0.2) is 0 Å². The molecule has 4 nitrogen and oxygen atoms in total. The van der Waals surface area contributed by atoms with E-state index in [0.717, 1.165) is 39.3 Å². The Morgan fingerprint density at radius 1 is 1.32 bits per heavy atom. The highest BCUT2D eigenvalue weighted by atomic mass is 16.5. The van der Waals surface area contributed by atoms with E-state index >= 15 is 0 Å². The van der Waals surface area contributed by atoms with Crippen LogP contribution in [0, 0.1) is 0 Å². The molecule has 2 rings (SSSR count). The summed E-state index contributed by atoms with van der Waals surface area (Å²) in [5.41, 5.74) is 1.41. The smallest absolute Gasteiger partial charge is 0.0948 e. The third-order valence-corrected chi connectivity index (χ3v) is 3.83. The third-order valence-electron chi connectivity index (χ3n) is 3.83. The van der Waals surface area contributed by atoms with Gasteiger partial charge >= 0.3 is 0 Å². The van der Waals surface area contributed by atoms with E-state index in [1.54, 1.807) is 0 Å². The maximum Gasteiger partial charge on any atom is 0.0948 e. The molecule has 1 aromatic rings. The molecule has 1 saturated heterocycles. The van der Waals surface area contributed by atoms with Gasteiger partial charge in [0.1, 0.15) is 0 Å². The van der Waals surface area contributed by atoms with Gasteiger partial charge in [-0.05, 0) is 38.8 Å². The fourth-order valence-electron chi connectivity index (χ4n) is 2.66. The summed E-state index contributed by atoms with van der Waals surface area (Å²) in [5.74, 6) is 0.685. The molecule has 0 atom stereocenters. The zero-order chi connectivity index (χ0) is 13.3. The van der Waals surface area contributed by atoms with Crippen LogP contribution in [0.1, 0.15) is 50.6 Å². The first-order valence-corrected chi connectivity index (χ1v) is 7.70. The van der Waals surface area contributed by atoms with Crippen molar-refractivity contribution in [3.05, 3.63) is 18.2 Å². The highest BCUT2D eigenvalue weighted by Crippen LogP contribution is 2.24. The van der Waals surface area contributed by atoms with Crippen molar-refractivity contribution >= 4 is 0 Å². The largest absolute Gasteiger partial charge is 0.381 e. The number of imidazole rings is 1. The lowest BCUT2D eigenvalue weighted by atomic mass is 9.95. The topological polar surface area (TPSA) is 39.1 Å². The summed E-state index contributed by atoms with van der Waals surface area (Å²) < 4.78 is 7.93. The second-order valence-electron chi connectivity index (χ2n) is 5.36. The Hall–Kier alpha value is -0.870. The molecule has 0 bridgehead atoms. The van der Waals surface area contributed by atoms with Crippen molar-refractivity contribution in [3.8, 4) is 0 Å². The van der Waals surface area contributed by atoms with Crippen molar-refractivity contribution in [1.82, 2.24) is 14.9 Å². The van der Waals surface area contributed by atoms with Gasteiger partial charge < -0.3 is 14.6 Å². The van der Waals surface area contributed by atoms with E-state index in [-0.39, 0.29) is 0 Å². The van der Waals surface area contributed by atoms with Crippen LogP contribution in [0.5, 0.6) is 0 Å². The maximum absolute atomic E-state index is 5.61. The number of aromatic nitrogens is 2. The number of piperidine rings is 1. The summed E-state index contributed by atoms with van der Waals surface area (Å²) in [7, 11) is 0. The molecule has 0 radical (unpaired) electrons. The second kappa shape index (κ2) is 8.33. The summed E-state index contributed by atoms with van der Waals surface area (Å²) >= 11 is 0. The SMILES string of the molecule is CCCCOCCCn1cncc1C1CCNCC1. The number of nitrogens with zero attached hydrogens (tertiary/aromatic N) is 2. The van der Waals surface area contributed by atoms with Gasteiger partial charge in [0.25, 0.3) is 0 Å². The zero-order valence-electron chi connectivity index (χ0n) is 12.1. The monoisotopic (exact) mass is 265 g/mol. The fraction of sp³-hybridized carbons (Fsp3) is 0.800. The predicted octanol–water partition coefficient (Wildman–Crippen LogP) is 2.56. The molecule has 1 fully saturated rings. The lowest BCUT2D eigenvalue weighted by molar-refractivity contribution is 0.125. The summed E-state index contributed by atoms with van der Waals surface area (Å²) in [6.07, 6.45) is 9.96. The quantitative estimate of drug-likeness (QED) is 0.734. The van der Waals surface area contributed by atoms with E-state index in [2.05, 4.69) is 21.8 Å². The Balaban J connectivity index is 1.73. The molecule has 4 heteroatoms. The van der Waals surface area contributed by atoms with Crippen LogP contribution in [0.15, 0.2) is 12.5 Å². The highest BCUT2D eigenvalue weighted by Gasteiger charge is 2.18. The van der Waals surface area contributed by atoms with E-state index in [1.165, 1.54) is 31.4 Å². The van der Waals surface area contributed by atoms with Crippen LogP contribution in [0.2, 0.25) is 0 Å². The summed E-state index contributed by atoms with van der Waals surface area (Å²) in [6.45, 7) is 7.27. The van der Waals surface area contributed by atoms with E-state index in [9.17, 15) is 0 Å². The van der Waals surface area contributed by atoms with Crippen molar-refractivity contribution in [2.24, 2.45) is 0 Å². The fourth-order valence-corrected chi connectivity index (χ4v) is 2.66. The highest BCUT2D eigenvalue weighted by molar-refractivity contribution is 5.07. The standard InChI is InChI=1S/C15H27N3O/c1-2-3-10-19-11-4-9-18-13-17-12-15(18)14-5-7-16-8-6-14/h12-14,16H,2-11H2,1H3. The van der Waals surface area contributed by atoms with Crippen LogP contribution < -0.4 is 5.32 Å². The Labute approximate surface area is 116 Å². The molecule has 0 unspecified atom stereocenters. The molecule has 0 aliphatic carbocycles. The minimum absolute atomic E-state index is 0.685. The van der Waals surface area contributed by atoms with Crippen molar-refractivity contribution in [2.45, 2.75) is 51.5 Å². The molecule has 0 saturated carbocycles. The molecule has 1 aromatic heterocycles. The number of rotatable bonds is 8. The summed E-state index contributed by atoms with van der Waals surface area (Å²) in [6, 6.07) is 0. The number of aryl methyl sites for hydroxylation is 1. The minimum Gasteiger partial charge on any atom is -0.381 e. The van der Waals surface area contributed by atoms with E-state index < -0.39 is 0 Å². The van der Waals surface area contributed by atoms with Gasteiger partial charge in [0, 0.05) is 37.6 Å². The van der Waals surface area contributed by atoms with Crippen LogP contribution >= 0.6 is 0 Å². The first-order chi connectivity index (χ1) is 9.42. The molecule has 19 heavy (non-hydrogen) atoms. The van der Waals surface area contributed by atoms with Crippen LogP contribution in [0.3, 0.4) is 0 Å². The van der Waals surface area contributed by atoms with Gasteiger partial charge in [-0.1, -0.05) is 13.3 Å². The lowest BCUT2D eigenvalue weighted by Gasteiger charge is -2.23. The van der Waals surface area contributed by atoms with Gasteiger partial charge in [-0.2, -0.15) is 0 Å². The summed E-state index contributed by atoms with van der Waals surface area (Å²) in [5, 5.41) is 3.42. The molecule has 0 aromatic carbocycles. The Bertz CT molecular complexity index is 345. The normalized spacial score (nSPS) is 16.9. The number of hydrogen-bond acceptors (Lipinski definition) is 3. The van der Waals surface area contributed by atoms with Crippen LogP contribution in [0.4, 0.5) is 0 Å². The number of nitrogens with one attached hydrogen (secondary N) is 1.